The lowest BCUT2D eigenvalue weighted by atomic mass is 10.1. The molecule has 2 aromatic rings. The number of guanidine groups is 1. The molecule has 2 N–H and O–H groups in total. The van der Waals surface area contributed by atoms with Crippen molar-refractivity contribution in [3.63, 3.8) is 0 Å². The molecule has 0 saturated carbocycles. The smallest absolute Gasteiger partial charge is 0.212 e. The molecule has 0 bridgehead atoms. The number of nitrogens with two attached hydrogens (primary N) is 1. The molecule has 0 aromatic carbocycles. The van der Waals surface area contributed by atoms with Gasteiger partial charge in [-0.1, -0.05) is 6.07 Å². The van der Waals surface area contributed by atoms with Gasteiger partial charge in [-0.25, -0.2) is 4.98 Å². The van der Waals surface area contributed by atoms with Crippen molar-refractivity contribution in [2.24, 2.45) is 10.7 Å². The average molecular weight is 288 g/mol. The Labute approximate surface area is 121 Å². The van der Waals surface area contributed by atoms with Crippen LogP contribution < -0.4 is 10.5 Å². The third-order valence-corrected chi connectivity index (χ3v) is 4.22. The van der Waals surface area contributed by atoms with Gasteiger partial charge in [0.05, 0.1) is 26.2 Å². The Morgan fingerprint density at radius 1 is 1.45 bits per heavy atom. The lowest BCUT2D eigenvalue weighted by Crippen LogP contribution is -2.35. The molecule has 1 aliphatic rings. The number of rotatable bonds is 4. The minimum atomic E-state index is 0.149. The number of nitrogens with zero attached hydrogens (tertiary/aromatic N) is 3. The summed E-state index contributed by atoms with van der Waals surface area (Å²) in [7, 11) is 1.61. The van der Waals surface area contributed by atoms with Crippen molar-refractivity contribution in [3.05, 3.63) is 46.3 Å². The third-order valence-electron chi connectivity index (χ3n) is 3.36. The molecule has 6 heteroatoms. The van der Waals surface area contributed by atoms with E-state index in [4.69, 9.17) is 10.5 Å². The number of hydrogen-bond acceptors (Lipinski definition) is 6. The summed E-state index contributed by atoms with van der Waals surface area (Å²) in [6.07, 6.45) is 1.83. The summed E-state index contributed by atoms with van der Waals surface area (Å²) in [5.41, 5.74) is 7.12. The number of hydrogen-bond donors (Lipinski definition) is 1. The van der Waals surface area contributed by atoms with E-state index in [0.29, 0.717) is 18.4 Å². The van der Waals surface area contributed by atoms with Gasteiger partial charge in [-0.3, -0.25) is 4.99 Å². The van der Waals surface area contributed by atoms with Crippen LogP contribution >= 0.6 is 11.3 Å². The third kappa shape index (κ3) is 2.46. The maximum atomic E-state index is 6.01. The number of ether oxygens (including phenoxy) is 1. The summed E-state index contributed by atoms with van der Waals surface area (Å²) < 4.78 is 5.09. The van der Waals surface area contributed by atoms with E-state index < -0.39 is 0 Å². The van der Waals surface area contributed by atoms with E-state index in [9.17, 15) is 0 Å². The molecule has 1 atom stereocenters. The van der Waals surface area contributed by atoms with E-state index in [1.807, 2.05) is 24.4 Å². The molecule has 0 fully saturated rings. The number of aromatic nitrogens is 1. The Bertz CT molecular complexity index is 594. The Kier molecular flexibility index (Phi) is 3.56. The van der Waals surface area contributed by atoms with Crippen LogP contribution in [0.4, 0.5) is 0 Å². The maximum Gasteiger partial charge on any atom is 0.212 e. The van der Waals surface area contributed by atoms with Gasteiger partial charge in [0.2, 0.25) is 5.88 Å². The van der Waals surface area contributed by atoms with Gasteiger partial charge in [-0.2, -0.15) is 0 Å². The first-order chi connectivity index (χ1) is 9.78. The molecular formula is C14H16N4OS. The average Bonchev–Trinajstić information content (AvgIpc) is 3.11. The zero-order valence-electron chi connectivity index (χ0n) is 11.2. The molecule has 0 aliphatic carbocycles. The molecule has 3 rings (SSSR count). The van der Waals surface area contributed by atoms with Crippen LogP contribution in [-0.4, -0.2) is 29.5 Å². The highest BCUT2D eigenvalue weighted by atomic mass is 32.1. The van der Waals surface area contributed by atoms with Crippen molar-refractivity contribution in [1.29, 1.82) is 0 Å². The predicted octanol–water partition coefficient (Wildman–Crippen LogP) is 2.02. The van der Waals surface area contributed by atoms with Gasteiger partial charge in [0.25, 0.3) is 0 Å². The van der Waals surface area contributed by atoms with E-state index >= 15 is 0 Å². The van der Waals surface area contributed by atoms with Crippen molar-refractivity contribution in [1.82, 2.24) is 9.88 Å². The maximum absolute atomic E-state index is 6.01. The zero-order chi connectivity index (χ0) is 13.9. The lowest BCUT2D eigenvalue weighted by Gasteiger charge is -2.25. The van der Waals surface area contributed by atoms with E-state index in [-0.39, 0.29) is 6.04 Å². The van der Waals surface area contributed by atoms with Gasteiger partial charge in [0, 0.05) is 17.1 Å². The summed E-state index contributed by atoms with van der Waals surface area (Å²) in [6, 6.07) is 8.20. The fourth-order valence-corrected chi connectivity index (χ4v) is 2.99. The number of thiophene rings is 1. The van der Waals surface area contributed by atoms with Gasteiger partial charge in [-0.15, -0.1) is 11.3 Å². The van der Waals surface area contributed by atoms with Crippen molar-refractivity contribution in [2.75, 3.05) is 13.7 Å². The minimum absolute atomic E-state index is 0.149. The molecular weight excluding hydrogens is 272 g/mol. The fraction of sp³-hybridized carbons (Fsp3) is 0.286. The first-order valence-electron chi connectivity index (χ1n) is 6.37. The largest absolute Gasteiger partial charge is 0.481 e. The van der Waals surface area contributed by atoms with Crippen LogP contribution in [0, 0.1) is 0 Å². The number of methoxy groups -OCH3 is 1. The molecule has 1 unspecified atom stereocenters. The lowest BCUT2D eigenvalue weighted by molar-refractivity contribution is 0.341. The minimum Gasteiger partial charge on any atom is -0.481 e. The van der Waals surface area contributed by atoms with Gasteiger partial charge in [0.15, 0.2) is 5.96 Å². The first-order valence-corrected chi connectivity index (χ1v) is 7.25. The van der Waals surface area contributed by atoms with E-state index in [1.165, 1.54) is 4.88 Å². The number of pyridine rings is 1. The second-order valence-corrected chi connectivity index (χ2v) is 5.59. The first kappa shape index (κ1) is 12.9. The molecule has 0 radical (unpaired) electrons. The Morgan fingerprint density at radius 2 is 2.35 bits per heavy atom. The highest BCUT2D eigenvalue weighted by Gasteiger charge is 2.27. The SMILES string of the molecule is COc1ccc(C2CN=C(N)N2Cc2cccs2)cn1. The highest BCUT2D eigenvalue weighted by Crippen LogP contribution is 2.28. The van der Waals surface area contributed by atoms with Crippen LogP contribution in [0.5, 0.6) is 5.88 Å². The fourth-order valence-electron chi connectivity index (χ4n) is 2.29. The van der Waals surface area contributed by atoms with Gasteiger partial charge < -0.3 is 15.4 Å². The molecule has 0 spiro atoms. The van der Waals surface area contributed by atoms with Gasteiger partial charge in [0.1, 0.15) is 0 Å². The molecule has 104 valence electrons. The van der Waals surface area contributed by atoms with Crippen molar-refractivity contribution >= 4 is 17.3 Å². The Balaban J connectivity index is 1.81. The normalized spacial score (nSPS) is 18.1. The molecule has 0 saturated heterocycles. The second kappa shape index (κ2) is 5.50. The highest BCUT2D eigenvalue weighted by molar-refractivity contribution is 7.09. The number of aliphatic imine (C=N–C) groups is 1. The van der Waals surface area contributed by atoms with Crippen molar-refractivity contribution in [2.45, 2.75) is 12.6 Å². The molecule has 0 amide bonds. The van der Waals surface area contributed by atoms with Crippen molar-refractivity contribution < 1.29 is 4.74 Å². The summed E-state index contributed by atoms with van der Waals surface area (Å²) in [5, 5.41) is 2.07. The van der Waals surface area contributed by atoms with Crippen LogP contribution in [0.1, 0.15) is 16.5 Å². The van der Waals surface area contributed by atoms with Crippen LogP contribution in [0.2, 0.25) is 0 Å². The molecule has 5 nitrogen and oxygen atoms in total. The van der Waals surface area contributed by atoms with Crippen LogP contribution in [-0.2, 0) is 6.54 Å². The predicted molar refractivity (Wildman–Crippen MR) is 79.9 cm³/mol. The molecule has 1 aliphatic heterocycles. The topological polar surface area (TPSA) is 63.7 Å². The summed E-state index contributed by atoms with van der Waals surface area (Å²) in [6.45, 7) is 1.45. The van der Waals surface area contributed by atoms with Gasteiger partial charge in [-0.05, 0) is 23.1 Å². The van der Waals surface area contributed by atoms with Crippen molar-refractivity contribution in [3.8, 4) is 5.88 Å². The quantitative estimate of drug-likeness (QED) is 0.935. The molecule has 2 aromatic heterocycles. The van der Waals surface area contributed by atoms with E-state index in [2.05, 4.69) is 26.3 Å². The molecule has 3 heterocycles. The summed E-state index contributed by atoms with van der Waals surface area (Å²) in [4.78, 5) is 12.0. The summed E-state index contributed by atoms with van der Waals surface area (Å²) >= 11 is 1.73. The van der Waals surface area contributed by atoms with Crippen LogP contribution in [0.15, 0.2) is 40.8 Å². The van der Waals surface area contributed by atoms with Crippen LogP contribution in [0.25, 0.3) is 0 Å². The monoisotopic (exact) mass is 288 g/mol. The standard InChI is InChI=1S/C14H16N4OS/c1-19-13-5-4-10(7-16-13)12-8-17-14(15)18(12)9-11-3-2-6-20-11/h2-7,12H,8-9H2,1H3,(H2,15,17). The molecule has 20 heavy (non-hydrogen) atoms. The second-order valence-electron chi connectivity index (χ2n) is 4.56. The van der Waals surface area contributed by atoms with E-state index in [0.717, 1.165) is 12.1 Å². The Hall–Kier alpha value is -2.08. The zero-order valence-corrected chi connectivity index (χ0v) is 12.0. The summed E-state index contributed by atoms with van der Waals surface area (Å²) in [5.74, 6) is 1.21. The van der Waals surface area contributed by atoms with Crippen LogP contribution in [0.3, 0.4) is 0 Å². The Morgan fingerprint density at radius 3 is 3.00 bits per heavy atom. The van der Waals surface area contributed by atoms with E-state index in [1.54, 1.807) is 18.4 Å². The van der Waals surface area contributed by atoms with Gasteiger partial charge >= 0.3 is 0 Å².